The Hall–Kier alpha value is -3.97. The molecule has 196 valence electrons. The molecule has 37 heavy (non-hydrogen) atoms. The van der Waals surface area contributed by atoms with Gasteiger partial charge in [-0.25, -0.2) is 28.4 Å². The van der Waals surface area contributed by atoms with E-state index in [1.54, 1.807) is 41.0 Å². The van der Waals surface area contributed by atoms with Crippen LogP contribution in [0.25, 0.3) is 28.5 Å². The van der Waals surface area contributed by atoms with E-state index in [0.29, 0.717) is 54.0 Å². The molecule has 3 heterocycles. The van der Waals surface area contributed by atoms with Crippen molar-refractivity contribution in [3.63, 3.8) is 0 Å². The molecule has 0 unspecified atom stereocenters. The van der Waals surface area contributed by atoms with E-state index in [9.17, 15) is 13.5 Å². The van der Waals surface area contributed by atoms with Crippen LogP contribution in [0, 0.1) is 0 Å². The molecule has 5 rings (SSSR count). The lowest BCUT2D eigenvalue weighted by Crippen LogP contribution is -2.27. The van der Waals surface area contributed by atoms with Gasteiger partial charge in [0.2, 0.25) is 15.9 Å². The molecule has 1 aliphatic carbocycles. The molecule has 0 amide bonds. The molecule has 0 saturated heterocycles. The van der Waals surface area contributed by atoms with Crippen molar-refractivity contribution in [1.82, 2.24) is 24.5 Å². The minimum Gasteiger partial charge on any atom is -0.494 e. The highest BCUT2D eigenvalue weighted by Crippen LogP contribution is 2.38. The Bertz CT molecular complexity index is 1550. The van der Waals surface area contributed by atoms with Crippen molar-refractivity contribution in [3.05, 3.63) is 42.6 Å². The quantitative estimate of drug-likeness (QED) is 0.314. The van der Waals surface area contributed by atoms with E-state index in [1.807, 2.05) is 6.92 Å². The number of rotatable bonds is 10. The molecule has 0 radical (unpaired) electrons. The monoisotopic (exact) mass is 528 g/mol. The molecule has 2 N–H and O–H groups in total. The maximum atomic E-state index is 12.6. The first kappa shape index (κ1) is 24.7. The summed E-state index contributed by atoms with van der Waals surface area (Å²) >= 11 is 0. The van der Waals surface area contributed by atoms with Gasteiger partial charge in [-0.1, -0.05) is 12.1 Å². The van der Waals surface area contributed by atoms with Gasteiger partial charge in [0.25, 0.3) is 0 Å². The summed E-state index contributed by atoms with van der Waals surface area (Å²) in [5.74, 6) is 1.27. The zero-order chi connectivity index (χ0) is 26.2. The lowest BCUT2D eigenvalue weighted by Gasteiger charge is -2.16. The van der Waals surface area contributed by atoms with E-state index in [0.717, 1.165) is 0 Å². The summed E-state index contributed by atoms with van der Waals surface area (Å²) in [4.78, 5) is 18.1. The highest BCUT2D eigenvalue weighted by atomic mass is 32.2. The van der Waals surface area contributed by atoms with Crippen LogP contribution < -0.4 is 18.9 Å². The van der Waals surface area contributed by atoms with Crippen LogP contribution in [0.5, 0.6) is 17.4 Å². The van der Waals surface area contributed by atoms with Crippen LogP contribution in [-0.4, -0.2) is 70.2 Å². The van der Waals surface area contributed by atoms with E-state index in [-0.39, 0.29) is 18.5 Å². The van der Waals surface area contributed by atoms with Gasteiger partial charge in [0.15, 0.2) is 22.9 Å². The van der Waals surface area contributed by atoms with Crippen LogP contribution in [0.4, 0.5) is 5.82 Å². The largest absolute Gasteiger partial charge is 0.494 e. The molecule has 13 heteroatoms. The summed E-state index contributed by atoms with van der Waals surface area (Å²) in [7, 11) is -0.816. The van der Waals surface area contributed by atoms with Crippen molar-refractivity contribution in [1.29, 1.82) is 0 Å². The van der Waals surface area contributed by atoms with Crippen LogP contribution in [0.1, 0.15) is 21.2 Å². The van der Waals surface area contributed by atoms with Gasteiger partial charge in [-0.15, -0.1) is 0 Å². The number of methoxy groups -OCH3 is 2. The highest BCUT2D eigenvalue weighted by molar-refractivity contribution is 7.92. The van der Waals surface area contributed by atoms with Gasteiger partial charge in [-0.2, -0.15) is 0 Å². The molecule has 0 bridgehead atoms. The van der Waals surface area contributed by atoms with Crippen LogP contribution in [0.2, 0.25) is 0 Å². The number of sulfonamides is 1. The predicted octanol–water partition coefficient (Wildman–Crippen LogP) is 2.81. The lowest BCUT2D eigenvalue weighted by molar-refractivity contribution is 0.175. The number of aromatic nitrogens is 5. The Morgan fingerprint density at radius 1 is 1.08 bits per heavy atom. The normalized spacial score (nSPS) is 14.4. The number of anilines is 1. The number of aliphatic hydroxyl groups is 1. The van der Waals surface area contributed by atoms with E-state index in [1.165, 1.54) is 20.4 Å². The summed E-state index contributed by atoms with van der Waals surface area (Å²) in [5.41, 5.74) is 0.245. The third-order valence-corrected chi connectivity index (χ3v) is 7.22. The van der Waals surface area contributed by atoms with E-state index in [2.05, 4.69) is 24.7 Å². The molecule has 0 spiro atoms. The fourth-order valence-corrected chi connectivity index (χ4v) is 5.43. The van der Waals surface area contributed by atoms with Crippen LogP contribution >= 0.6 is 0 Å². The zero-order valence-electron chi connectivity index (χ0n) is 20.5. The number of imidazole rings is 1. The fourth-order valence-electron chi connectivity index (χ4n) is 3.94. The van der Waals surface area contributed by atoms with Crippen molar-refractivity contribution in [3.8, 4) is 34.6 Å². The predicted molar refractivity (Wildman–Crippen MR) is 138 cm³/mol. The fraction of sp³-hybridized carbons (Fsp3) is 0.333. The van der Waals surface area contributed by atoms with E-state index >= 15 is 0 Å². The Balaban J connectivity index is 0.00000336. The van der Waals surface area contributed by atoms with Gasteiger partial charge in [-0.05, 0) is 38.0 Å². The zero-order valence-corrected chi connectivity index (χ0v) is 21.3. The number of hydrogen-bond donors (Lipinski definition) is 2. The molecular weight excluding hydrogens is 500 g/mol. The molecule has 0 atom stereocenters. The molecule has 1 saturated carbocycles. The maximum absolute atomic E-state index is 12.6. The molecule has 0 aliphatic heterocycles. The third kappa shape index (κ3) is 5.00. The van der Waals surface area contributed by atoms with Crippen molar-refractivity contribution < 1.29 is 29.2 Å². The molecular formula is C24H28N6O6S. The van der Waals surface area contributed by atoms with Crippen molar-refractivity contribution in [2.24, 2.45) is 0 Å². The lowest BCUT2D eigenvalue weighted by atomic mass is 10.2. The van der Waals surface area contributed by atoms with Gasteiger partial charge in [-0.3, -0.25) is 9.29 Å². The van der Waals surface area contributed by atoms with Gasteiger partial charge >= 0.3 is 0 Å². The SMILES string of the molecule is CCOc1cccc(-c2nc3ncc(NS(=O)(=O)CC4(O)CC4)nc3n2-c2c(OC)cccc2OC)n1.[HH]. The molecule has 1 aliphatic rings. The van der Waals surface area contributed by atoms with Crippen LogP contribution in [-0.2, 0) is 10.0 Å². The average molecular weight is 529 g/mol. The van der Waals surface area contributed by atoms with Crippen molar-refractivity contribution >= 4 is 27.1 Å². The van der Waals surface area contributed by atoms with Gasteiger partial charge < -0.3 is 19.3 Å². The number of fused-ring (bicyclic) bond motifs is 1. The van der Waals surface area contributed by atoms with Crippen molar-refractivity contribution in [2.75, 3.05) is 31.3 Å². The average Bonchev–Trinajstić information content (AvgIpc) is 3.47. The highest BCUT2D eigenvalue weighted by Gasteiger charge is 2.44. The summed E-state index contributed by atoms with van der Waals surface area (Å²) in [6, 6.07) is 10.6. The number of ether oxygens (including phenoxy) is 3. The second-order valence-corrected chi connectivity index (χ2v) is 10.3. The summed E-state index contributed by atoms with van der Waals surface area (Å²) in [5, 5.41) is 10.1. The summed E-state index contributed by atoms with van der Waals surface area (Å²) in [6.07, 6.45) is 2.16. The van der Waals surface area contributed by atoms with E-state index in [4.69, 9.17) is 14.2 Å². The number of para-hydroxylation sites is 1. The number of pyridine rings is 1. The smallest absolute Gasteiger partial charge is 0.236 e. The van der Waals surface area contributed by atoms with Gasteiger partial charge in [0, 0.05) is 7.49 Å². The summed E-state index contributed by atoms with van der Waals surface area (Å²) in [6.45, 7) is 2.30. The number of nitrogens with one attached hydrogen (secondary N) is 1. The first-order valence-corrected chi connectivity index (χ1v) is 13.2. The minimum absolute atomic E-state index is 0. The number of benzene rings is 1. The minimum atomic E-state index is -3.87. The molecule has 1 aromatic carbocycles. The molecule has 3 aromatic heterocycles. The Morgan fingerprint density at radius 3 is 2.43 bits per heavy atom. The number of nitrogens with zero attached hydrogens (tertiary/aromatic N) is 5. The van der Waals surface area contributed by atoms with Crippen LogP contribution in [0.15, 0.2) is 42.6 Å². The topological polar surface area (TPSA) is 151 Å². The summed E-state index contributed by atoms with van der Waals surface area (Å²) < 4.78 is 46.2. The molecule has 4 aromatic rings. The maximum Gasteiger partial charge on any atom is 0.236 e. The number of hydrogen-bond acceptors (Lipinski definition) is 10. The third-order valence-electron chi connectivity index (χ3n) is 5.79. The first-order valence-electron chi connectivity index (χ1n) is 11.6. The second kappa shape index (κ2) is 9.48. The molecule has 1 fully saturated rings. The van der Waals surface area contributed by atoms with Crippen LogP contribution in [0.3, 0.4) is 0 Å². The molecule has 12 nitrogen and oxygen atoms in total. The Kier molecular flexibility index (Phi) is 6.33. The second-order valence-electron chi connectivity index (χ2n) is 8.56. The van der Waals surface area contributed by atoms with E-state index < -0.39 is 21.4 Å². The first-order chi connectivity index (χ1) is 17.8. The Labute approximate surface area is 214 Å². The standard InChI is InChI=1S/C24H26N6O6S.H2/c1-4-36-19-10-5-7-15(26-19)22-28-21-23(30(22)20-16(34-2)8-6-9-17(20)35-3)27-18(13-25-21)29-37(32,33)14-24(31)11-12-24;/h5-10,13,31H,4,11-12,14H2,1-3H3,(H,27,29);1H. The van der Waals surface area contributed by atoms with Gasteiger partial charge in [0.1, 0.15) is 22.9 Å². The van der Waals surface area contributed by atoms with Crippen molar-refractivity contribution in [2.45, 2.75) is 25.4 Å². The Morgan fingerprint density at radius 2 is 1.78 bits per heavy atom. The van der Waals surface area contributed by atoms with Gasteiger partial charge in [0.05, 0.1) is 38.4 Å².